The van der Waals surface area contributed by atoms with E-state index in [1.807, 2.05) is 0 Å². The zero-order valence-electron chi connectivity index (χ0n) is 10.2. The third kappa shape index (κ3) is 4.68. The first kappa shape index (κ1) is 17.6. The van der Waals surface area contributed by atoms with Gasteiger partial charge in [0.05, 0.1) is 12.7 Å². The fourth-order valence-corrected chi connectivity index (χ4v) is 1.48. The molecule has 7 heteroatoms. The van der Waals surface area contributed by atoms with E-state index in [9.17, 15) is 22.0 Å². The monoisotopic (exact) mass is 278 g/mol. The summed E-state index contributed by atoms with van der Waals surface area (Å²) in [6.07, 6.45) is -6.00. The Morgan fingerprint density at radius 3 is 2.11 bits per heavy atom. The molecule has 0 aliphatic carbocycles. The minimum atomic E-state index is -4.84. The highest BCUT2D eigenvalue weighted by molar-refractivity contribution is 4.92. The number of hydrogen-bond acceptors (Lipinski definition) is 2. The smallest absolute Gasteiger partial charge is 0.340 e. The Kier molecular flexibility index (Phi) is 7.06. The van der Waals surface area contributed by atoms with Gasteiger partial charge in [-0.2, -0.15) is 17.6 Å². The first-order valence-electron chi connectivity index (χ1n) is 5.87. The maximum absolute atomic E-state index is 13.2. The molecule has 110 valence electrons. The molecule has 0 fully saturated rings. The lowest BCUT2D eigenvalue weighted by Crippen LogP contribution is -2.49. The first-order chi connectivity index (χ1) is 8.19. The molecule has 0 rings (SSSR count). The van der Waals surface area contributed by atoms with Gasteiger partial charge in [-0.3, -0.25) is 0 Å². The second-order valence-corrected chi connectivity index (χ2v) is 4.33. The lowest BCUT2D eigenvalue weighted by molar-refractivity contribution is -0.251. The van der Waals surface area contributed by atoms with Crippen LogP contribution in [0, 0.1) is 0 Å². The van der Waals surface area contributed by atoms with Crippen LogP contribution in [0.1, 0.15) is 39.0 Å². The summed E-state index contributed by atoms with van der Waals surface area (Å²) in [4.78, 5) is 0. The Bertz CT molecular complexity index is 235. The number of unbranched alkanes of at least 4 members (excludes halogenated alkanes) is 2. The molecular formula is C11H19F5O2. The van der Waals surface area contributed by atoms with Gasteiger partial charge in [0.1, 0.15) is 0 Å². The summed E-state index contributed by atoms with van der Waals surface area (Å²) < 4.78 is 65.9. The van der Waals surface area contributed by atoms with E-state index in [0.717, 1.165) is 0 Å². The predicted molar refractivity (Wildman–Crippen MR) is 56.6 cm³/mol. The van der Waals surface area contributed by atoms with Gasteiger partial charge in [-0.25, -0.2) is 4.39 Å². The molecule has 0 saturated carbocycles. The number of aliphatic hydroxyl groups excluding tert-OH is 2. The summed E-state index contributed by atoms with van der Waals surface area (Å²) >= 11 is 0. The maximum Gasteiger partial charge on any atom is 0.340 e. The van der Waals surface area contributed by atoms with Gasteiger partial charge in [-0.1, -0.05) is 26.2 Å². The van der Waals surface area contributed by atoms with E-state index in [-0.39, 0.29) is 6.42 Å². The van der Waals surface area contributed by atoms with Crippen LogP contribution in [0.25, 0.3) is 0 Å². The summed E-state index contributed by atoms with van der Waals surface area (Å²) in [6.45, 7) is 0.704. The second kappa shape index (κ2) is 7.23. The molecule has 2 nitrogen and oxygen atoms in total. The van der Waals surface area contributed by atoms with Crippen molar-refractivity contribution in [2.45, 2.75) is 63.1 Å². The van der Waals surface area contributed by atoms with Crippen molar-refractivity contribution in [3.63, 3.8) is 0 Å². The molecule has 0 spiro atoms. The number of rotatable bonds is 9. The van der Waals surface area contributed by atoms with Crippen LogP contribution in [-0.2, 0) is 0 Å². The normalized spacial score (nSPS) is 16.7. The molecule has 0 saturated heterocycles. The van der Waals surface area contributed by atoms with Gasteiger partial charge in [0.15, 0.2) is 6.17 Å². The highest BCUT2D eigenvalue weighted by Gasteiger charge is 2.61. The molecule has 0 aliphatic rings. The molecule has 0 radical (unpaired) electrons. The molecule has 0 bridgehead atoms. The molecule has 0 heterocycles. The van der Waals surface area contributed by atoms with Crippen LogP contribution in [-0.4, -0.2) is 40.9 Å². The summed E-state index contributed by atoms with van der Waals surface area (Å²) in [6, 6.07) is 0. The van der Waals surface area contributed by atoms with E-state index in [4.69, 9.17) is 10.2 Å². The topological polar surface area (TPSA) is 40.5 Å². The van der Waals surface area contributed by atoms with E-state index in [1.54, 1.807) is 6.92 Å². The summed E-state index contributed by atoms with van der Waals surface area (Å²) in [5.74, 6) is -9.52. The predicted octanol–water partition coefficient (Wildman–Crippen LogP) is 2.92. The molecule has 0 amide bonds. The van der Waals surface area contributed by atoms with Crippen molar-refractivity contribution < 1.29 is 32.2 Å². The van der Waals surface area contributed by atoms with Gasteiger partial charge in [0.25, 0.3) is 0 Å². The molecule has 2 atom stereocenters. The summed E-state index contributed by atoms with van der Waals surface area (Å²) in [7, 11) is 0. The van der Waals surface area contributed by atoms with Crippen LogP contribution in [0.3, 0.4) is 0 Å². The zero-order chi connectivity index (χ0) is 14.4. The molecule has 2 unspecified atom stereocenters. The first-order valence-corrected chi connectivity index (χ1v) is 5.87. The third-order valence-electron chi connectivity index (χ3n) is 2.64. The average Bonchev–Trinajstić information content (AvgIpc) is 2.28. The highest BCUT2D eigenvalue weighted by atomic mass is 19.3. The largest absolute Gasteiger partial charge is 0.394 e. The molecule has 2 N–H and O–H groups in total. The van der Waals surface area contributed by atoms with Gasteiger partial charge >= 0.3 is 11.8 Å². The molecular weight excluding hydrogens is 259 g/mol. The van der Waals surface area contributed by atoms with Crippen molar-refractivity contribution in [2.24, 2.45) is 0 Å². The zero-order valence-corrected chi connectivity index (χ0v) is 10.2. The van der Waals surface area contributed by atoms with Crippen molar-refractivity contribution in [1.82, 2.24) is 0 Å². The Morgan fingerprint density at radius 2 is 1.67 bits per heavy atom. The van der Waals surface area contributed by atoms with Crippen molar-refractivity contribution in [1.29, 1.82) is 0 Å². The number of alkyl halides is 5. The van der Waals surface area contributed by atoms with E-state index in [2.05, 4.69) is 0 Å². The highest BCUT2D eigenvalue weighted by Crippen LogP contribution is 2.42. The lowest BCUT2D eigenvalue weighted by atomic mass is 9.97. The lowest BCUT2D eigenvalue weighted by Gasteiger charge is -2.30. The van der Waals surface area contributed by atoms with E-state index >= 15 is 0 Å². The van der Waals surface area contributed by atoms with Crippen LogP contribution >= 0.6 is 0 Å². The third-order valence-corrected chi connectivity index (χ3v) is 2.64. The SMILES string of the molecule is CCCCCC(F)C(F)(F)C(F)(F)CC(O)CO. The van der Waals surface area contributed by atoms with Crippen LogP contribution in [0.15, 0.2) is 0 Å². The molecule has 0 aromatic carbocycles. The van der Waals surface area contributed by atoms with Gasteiger partial charge in [0.2, 0.25) is 0 Å². The quantitative estimate of drug-likeness (QED) is 0.503. The molecule has 0 aromatic rings. The van der Waals surface area contributed by atoms with Crippen molar-refractivity contribution in [3.8, 4) is 0 Å². The van der Waals surface area contributed by atoms with Gasteiger partial charge < -0.3 is 10.2 Å². The van der Waals surface area contributed by atoms with Crippen molar-refractivity contribution >= 4 is 0 Å². The summed E-state index contributed by atoms with van der Waals surface area (Å²) in [5, 5.41) is 17.1. The van der Waals surface area contributed by atoms with Crippen LogP contribution in [0.2, 0.25) is 0 Å². The summed E-state index contributed by atoms with van der Waals surface area (Å²) in [5.41, 5.74) is 0. The van der Waals surface area contributed by atoms with Gasteiger partial charge in [-0.15, -0.1) is 0 Å². The molecule has 0 aliphatic heterocycles. The fraction of sp³-hybridized carbons (Fsp3) is 1.00. The Labute approximate surface area is 103 Å². The number of hydrogen-bond donors (Lipinski definition) is 2. The second-order valence-electron chi connectivity index (χ2n) is 4.33. The fourth-order valence-electron chi connectivity index (χ4n) is 1.48. The average molecular weight is 278 g/mol. The Hall–Kier alpha value is -0.430. The van der Waals surface area contributed by atoms with Crippen molar-refractivity contribution in [2.75, 3.05) is 6.61 Å². The van der Waals surface area contributed by atoms with Gasteiger partial charge in [-0.05, 0) is 6.42 Å². The molecule has 0 aromatic heterocycles. The maximum atomic E-state index is 13.2. The Morgan fingerprint density at radius 1 is 1.11 bits per heavy atom. The van der Waals surface area contributed by atoms with Crippen LogP contribution in [0.4, 0.5) is 22.0 Å². The number of halogens is 5. The van der Waals surface area contributed by atoms with E-state index < -0.39 is 43.6 Å². The van der Waals surface area contributed by atoms with E-state index in [1.165, 1.54) is 0 Å². The minimum Gasteiger partial charge on any atom is -0.394 e. The van der Waals surface area contributed by atoms with E-state index in [0.29, 0.717) is 12.8 Å². The standard InChI is InChI=1S/C11H19F5O2/c1-2-3-4-5-9(12)11(15,16)10(13,14)6-8(18)7-17/h8-9,17-18H,2-7H2,1H3. The van der Waals surface area contributed by atoms with Crippen LogP contribution < -0.4 is 0 Å². The Balaban J connectivity index is 4.55. The van der Waals surface area contributed by atoms with Crippen LogP contribution in [0.5, 0.6) is 0 Å². The minimum absolute atomic E-state index is 0.103. The van der Waals surface area contributed by atoms with Gasteiger partial charge in [0, 0.05) is 6.42 Å². The molecule has 18 heavy (non-hydrogen) atoms. The van der Waals surface area contributed by atoms with Crippen molar-refractivity contribution in [3.05, 3.63) is 0 Å². The number of aliphatic hydroxyl groups is 2.